The van der Waals surface area contributed by atoms with Gasteiger partial charge in [-0.3, -0.25) is 0 Å². The first-order chi connectivity index (χ1) is 17.3. The van der Waals surface area contributed by atoms with Crippen molar-refractivity contribution in [1.82, 2.24) is 0 Å². The van der Waals surface area contributed by atoms with E-state index in [1.54, 1.807) is 11.1 Å². The summed E-state index contributed by atoms with van der Waals surface area (Å²) < 4.78 is 0. The third-order valence-electron chi connectivity index (χ3n) is 8.68. The maximum absolute atomic E-state index is 2.54. The van der Waals surface area contributed by atoms with Gasteiger partial charge in [0.15, 0.2) is 0 Å². The molecule has 0 fully saturated rings. The van der Waals surface area contributed by atoms with Crippen molar-refractivity contribution in [3.63, 3.8) is 0 Å². The third kappa shape index (κ3) is 7.70. The first-order valence-electron chi connectivity index (χ1n) is 14.9. The number of unbranched alkanes of at least 4 members (excludes halogenated alkanes) is 6. The van der Waals surface area contributed by atoms with Crippen LogP contribution < -0.4 is 0 Å². The second-order valence-corrected chi connectivity index (χ2v) is 11.2. The highest BCUT2D eigenvalue weighted by Crippen LogP contribution is 2.35. The van der Waals surface area contributed by atoms with E-state index in [2.05, 4.69) is 74.5 Å². The summed E-state index contributed by atoms with van der Waals surface area (Å²) in [6.45, 7) is 4.62. The minimum atomic E-state index is 0.895. The Hall–Kier alpha value is -2.08. The normalized spacial score (nSPS) is 20.4. The quantitative estimate of drug-likeness (QED) is 0.272. The van der Waals surface area contributed by atoms with E-state index in [9.17, 15) is 0 Å². The van der Waals surface area contributed by atoms with Crippen LogP contribution in [0.15, 0.2) is 60.7 Å². The summed E-state index contributed by atoms with van der Waals surface area (Å²) in [5, 5.41) is 0. The van der Waals surface area contributed by atoms with Gasteiger partial charge in [-0.2, -0.15) is 0 Å². The minimum absolute atomic E-state index is 0.895. The Balaban J connectivity index is 1.25. The van der Waals surface area contributed by atoms with Crippen molar-refractivity contribution in [2.75, 3.05) is 0 Å². The highest BCUT2D eigenvalue weighted by atomic mass is 14.2. The van der Waals surface area contributed by atoms with Crippen molar-refractivity contribution in [2.45, 2.75) is 110 Å². The van der Waals surface area contributed by atoms with Gasteiger partial charge < -0.3 is 0 Å². The van der Waals surface area contributed by atoms with Gasteiger partial charge in [0, 0.05) is 0 Å². The van der Waals surface area contributed by atoms with E-state index in [1.807, 2.05) is 0 Å². The standard InChI is InChI=1S/C35H48/c1-3-5-6-7-8-9-10-11-29-14-18-31(19-15-29)33-22-26-35(27-23-33)34-24-20-32(21-25-34)30-16-12-28(4-2)13-17-30/h16,18,20-29H,3-15,17,19H2,1-2H3. The predicted molar refractivity (Wildman–Crippen MR) is 155 cm³/mol. The molecule has 0 radical (unpaired) electrons. The lowest BCUT2D eigenvalue weighted by Crippen LogP contribution is -2.05. The maximum Gasteiger partial charge on any atom is -0.0184 e. The van der Waals surface area contributed by atoms with Crippen LogP contribution in [0.3, 0.4) is 0 Å². The Morgan fingerprint density at radius 1 is 0.543 bits per heavy atom. The summed E-state index contributed by atoms with van der Waals surface area (Å²) in [6, 6.07) is 18.6. The lowest BCUT2D eigenvalue weighted by atomic mass is 9.83. The fourth-order valence-electron chi connectivity index (χ4n) is 6.08. The molecule has 0 spiro atoms. The number of benzene rings is 2. The molecule has 0 saturated heterocycles. The molecule has 0 bridgehead atoms. The van der Waals surface area contributed by atoms with E-state index in [4.69, 9.17) is 0 Å². The predicted octanol–water partition coefficient (Wildman–Crippen LogP) is 11.3. The van der Waals surface area contributed by atoms with Gasteiger partial charge in [0.2, 0.25) is 0 Å². The SMILES string of the molecule is CCCCCCCCCC1CC=C(c2ccc(-c3ccc(C4=CCC(CC)CC4)cc3)cc2)CC1. The van der Waals surface area contributed by atoms with Crippen LogP contribution in [0.5, 0.6) is 0 Å². The average Bonchev–Trinajstić information content (AvgIpc) is 2.93. The fraction of sp³-hybridized carbons (Fsp3) is 0.543. The molecule has 2 aromatic carbocycles. The highest BCUT2D eigenvalue weighted by molar-refractivity contribution is 5.73. The van der Waals surface area contributed by atoms with E-state index in [0.717, 1.165) is 11.8 Å². The third-order valence-corrected chi connectivity index (χ3v) is 8.68. The van der Waals surface area contributed by atoms with Crippen LogP contribution in [-0.2, 0) is 0 Å². The Kier molecular flexibility index (Phi) is 10.3. The molecule has 2 aliphatic rings. The smallest absolute Gasteiger partial charge is 0.0184 e. The molecule has 0 aromatic heterocycles. The molecule has 0 saturated carbocycles. The van der Waals surface area contributed by atoms with Gasteiger partial charge in [0.25, 0.3) is 0 Å². The van der Waals surface area contributed by atoms with Crippen LogP contribution in [0.4, 0.5) is 0 Å². The number of allylic oxidation sites excluding steroid dienone is 4. The summed E-state index contributed by atoms with van der Waals surface area (Å²) in [5.74, 6) is 1.81. The van der Waals surface area contributed by atoms with Gasteiger partial charge in [-0.05, 0) is 83.8 Å². The average molecular weight is 469 g/mol. The molecule has 188 valence electrons. The molecule has 0 N–H and O–H groups in total. The summed E-state index contributed by atoms with van der Waals surface area (Å²) in [4.78, 5) is 0. The zero-order chi connectivity index (χ0) is 24.3. The molecule has 0 aliphatic heterocycles. The van der Waals surface area contributed by atoms with Crippen LogP contribution in [-0.4, -0.2) is 0 Å². The van der Waals surface area contributed by atoms with E-state index in [-0.39, 0.29) is 0 Å². The second kappa shape index (κ2) is 13.9. The molecule has 2 unspecified atom stereocenters. The molecular weight excluding hydrogens is 420 g/mol. The van der Waals surface area contributed by atoms with Crippen molar-refractivity contribution in [3.8, 4) is 11.1 Å². The first kappa shape index (κ1) is 26.0. The van der Waals surface area contributed by atoms with Gasteiger partial charge in [0.05, 0.1) is 0 Å². The van der Waals surface area contributed by atoms with Crippen molar-refractivity contribution < 1.29 is 0 Å². The molecular formula is C35H48. The summed E-state index contributed by atoms with van der Waals surface area (Å²) in [6.07, 6.45) is 25.5. The van der Waals surface area contributed by atoms with Crippen LogP contribution in [0.2, 0.25) is 0 Å². The Bertz CT molecular complexity index is 941. The molecule has 0 amide bonds. The summed E-state index contributed by atoms with van der Waals surface area (Å²) in [7, 11) is 0. The largest absolute Gasteiger partial charge is 0.0804 e. The lowest BCUT2D eigenvalue weighted by Gasteiger charge is -2.22. The van der Waals surface area contributed by atoms with Crippen molar-refractivity contribution in [1.29, 1.82) is 0 Å². The van der Waals surface area contributed by atoms with Crippen LogP contribution >= 0.6 is 0 Å². The Morgan fingerprint density at radius 2 is 1.00 bits per heavy atom. The van der Waals surface area contributed by atoms with Crippen molar-refractivity contribution in [2.24, 2.45) is 11.8 Å². The molecule has 4 rings (SSSR count). The second-order valence-electron chi connectivity index (χ2n) is 11.2. The topological polar surface area (TPSA) is 0 Å². The van der Waals surface area contributed by atoms with Gasteiger partial charge in [-0.25, -0.2) is 0 Å². The Morgan fingerprint density at radius 3 is 1.46 bits per heavy atom. The monoisotopic (exact) mass is 468 g/mol. The molecule has 0 heteroatoms. The van der Waals surface area contributed by atoms with Gasteiger partial charge in [-0.1, -0.05) is 132 Å². The summed E-state index contributed by atoms with van der Waals surface area (Å²) in [5.41, 5.74) is 8.62. The van der Waals surface area contributed by atoms with Crippen LogP contribution in [0.25, 0.3) is 22.3 Å². The number of hydrogen-bond donors (Lipinski definition) is 0. The zero-order valence-electron chi connectivity index (χ0n) is 22.5. The molecule has 2 atom stereocenters. The first-order valence-corrected chi connectivity index (χ1v) is 14.9. The lowest BCUT2D eigenvalue weighted by molar-refractivity contribution is 0.422. The van der Waals surface area contributed by atoms with E-state index in [0.29, 0.717) is 0 Å². The number of hydrogen-bond acceptors (Lipinski definition) is 0. The zero-order valence-corrected chi connectivity index (χ0v) is 22.5. The van der Waals surface area contributed by atoms with Crippen molar-refractivity contribution >= 4 is 11.1 Å². The van der Waals surface area contributed by atoms with E-state index >= 15 is 0 Å². The van der Waals surface area contributed by atoms with E-state index < -0.39 is 0 Å². The maximum atomic E-state index is 2.54. The minimum Gasteiger partial charge on any atom is -0.0804 e. The van der Waals surface area contributed by atoms with E-state index in [1.165, 1.54) is 119 Å². The van der Waals surface area contributed by atoms with Crippen LogP contribution in [0.1, 0.15) is 121 Å². The highest BCUT2D eigenvalue weighted by Gasteiger charge is 2.16. The van der Waals surface area contributed by atoms with Crippen LogP contribution in [0, 0.1) is 11.8 Å². The van der Waals surface area contributed by atoms with Gasteiger partial charge in [-0.15, -0.1) is 0 Å². The summed E-state index contributed by atoms with van der Waals surface area (Å²) >= 11 is 0. The molecule has 0 heterocycles. The van der Waals surface area contributed by atoms with Gasteiger partial charge in [0.1, 0.15) is 0 Å². The van der Waals surface area contributed by atoms with Gasteiger partial charge >= 0.3 is 0 Å². The fourth-order valence-corrected chi connectivity index (χ4v) is 6.08. The molecule has 0 nitrogen and oxygen atoms in total. The molecule has 2 aromatic rings. The molecule has 2 aliphatic carbocycles. The molecule has 35 heavy (non-hydrogen) atoms. The number of rotatable bonds is 12. The van der Waals surface area contributed by atoms with Crippen molar-refractivity contribution in [3.05, 3.63) is 71.8 Å². The Labute approximate surface area is 215 Å².